The average molecular weight is 393 g/mol. The van der Waals surface area contributed by atoms with Crippen LogP contribution in [0.25, 0.3) is 0 Å². The number of piperidine rings is 2. The molecule has 158 valence electrons. The molecular formula is C21H36N4O3. The van der Waals surface area contributed by atoms with Crippen molar-refractivity contribution < 1.29 is 14.4 Å². The van der Waals surface area contributed by atoms with Gasteiger partial charge in [-0.15, -0.1) is 0 Å². The number of likely N-dealkylation sites (tertiary alicyclic amines) is 1. The Morgan fingerprint density at radius 3 is 2.54 bits per heavy atom. The van der Waals surface area contributed by atoms with E-state index in [1.807, 2.05) is 0 Å². The molecule has 7 nitrogen and oxygen atoms in total. The molecule has 5 rings (SSSR count). The van der Waals surface area contributed by atoms with E-state index in [1.54, 1.807) is 0 Å². The van der Waals surface area contributed by atoms with Crippen molar-refractivity contribution in [1.29, 1.82) is 0 Å². The second-order valence-corrected chi connectivity index (χ2v) is 9.56. The third kappa shape index (κ3) is 3.97. The molecule has 0 bridgehead atoms. The lowest BCUT2D eigenvalue weighted by Crippen LogP contribution is -2.53. The van der Waals surface area contributed by atoms with E-state index in [0.29, 0.717) is 23.8 Å². The summed E-state index contributed by atoms with van der Waals surface area (Å²) >= 11 is 0. The first-order chi connectivity index (χ1) is 13.8. The number of nitrogens with one attached hydrogen (secondary N) is 3. The first kappa shape index (κ1) is 19.2. The molecular weight excluding hydrogens is 356 g/mol. The van der Waals surface area contributed by atoms with Gasteiger partial charge in [0, 0.05) is 38.3 Å². The van der Waals surface area contributed by atoms with Gasteiger partial charge in [0.1, 0.15) is 6.23 Å². The maximum absolute atomic E-state index is 12.5. The van der Waals surface area contributed by atoms with Gasteiger partial charge in [0.15, 0.2) is 0 Å². The zero-order chi connectivity index (χ0) is 18.9. The monoisotopic (exact) mass is 392 g/mol. The molecule has 0 spiro atoms. The first-order valence-electron chi connectivity index (χ1n) is 11.5. The van der Waals surface area contributed by atoms with E-state index >= 15 is 0 Å². The van der Waals surface area contributed by atoms with Crippen LogP contribution in [-0.2, 0) is 14.4 Å². The summed E-state index contributed by atoms with van der Waals surface area (Å²) in [6.07, 6.45) is 9.40. The van der Waals surface area contributed by atoms with Crippen molar-refractivity contribution in [3.8, 4) is 0 Å². The van der Waals surface area contributed by atoms with Crippen LogP contribution >= 0.6 is 0 Å². The highest BCUT2D eigenvalue weighted by Gasteiger charge is 2.41. The number of ether oxygens (including phenoxy) is 1. The van der Waals surface area contributed by atoms with Crippen molar-refractivity contribution >= 4 is 5.91 Å². The van der Waals surface area contributed by atoms with Gasteiger partial charge in [-0.25, -0.2) is 0 Å². The molecule has 1 amide bonds. The van der Waals surface area contributed by atoms with Crippen LogP contribution in [0.3, 0.4) is 0 Å². The standard InChI is InChI=1S/C21H36N4O3/c26-21(15-2-1-3-15)25-9-5-14(6-10-25)19-23-20(28-24-19)18-12-16(4-8-22-18)17-7-11-27-13-17/h14-20,22-24H,1-13H2. The van der Waals surface area contributed by atoms with Crippen molar-refractivity contribution in [3.05, 3.63) is 0 Å². The Bertz CT molecular complexity index is 544. The van der Waals surface area contributed by atoms with Gasteiger partial charge in [-0.3, -0.25) is 14.9 Å². The fourth-order valence-corrected chi connectivity index (χ4v) is 5.75. The number of carbonyl (C=O) groups is 1. The SMILES string of the molecule is O=C(C1CCC1)N1CCC(C2NOC(C3CC(C4CCOC4)CCN3)N2)CC1. The molecule has 28 heavy (non-hydrogen) atoms. The predicted octanol–water partition coefficient (Wildman–Crippen LogP) is 1.21. The van der Waals surface area contributed by atoms with Crippen LogP contribution in [0.15, 0.2) is 0 Å². The van der Waals surface area contributed by atoms with Crippen LogP contribution < -0.4 is 16.1 Å². The summed E-state index contributed by atoms with van der Waals surface area (Å²) in [4.78, 5) is 20.5. The number of amides is 1. The average Bonchev–Trinajstić information content (AvgIpc) is 3.39. The molecule has 1 saturated carbocycles. The number of nitrogens with zero attached hydrogens (tertiary/aromatic N) is 1. The Balaban J connectivity index is 1.09. The van der Waals surface area contributed by atoms with E-state index in [4.69, 9.17) is 9.57 Å². The van der Waals surface area contributed by atoms with E-state index in [-0.39, 0.29) is 12.4 Å². The molecule has 0 aromatic heterocycles. The zero-order valence-electron chi connectivity index (χ0n) is 16.9. The van der Waals surface area contributed by atoms with Crippen LogP contribution in [-0.4, -0.2) is 62.1 Å². The van der Waals surface area contributed by atoms with Crippen molar-refractivity contribution in [1.82, 2.24) is 21.0 Å². The second kappa shape index (κ2) is 8.56. The molecule has 5 aliphatic rings. The Kier molecular flexibility index (Phi) is 5.88. The molecule has 4 heterocycles. The third-order valence-corrected chi connectivity index (χ3v) is 7.92. The van der Waals surface area contributed by atoms with Gasteiger partial charge in [-0.05, 0) is 69.2 Å². The van der Waals surface area contributed by atoms with Crippen molar-refractivity contribution in [2.24, 2.45) is 23.7 Å². The number of hydrogen-bond donors (Lipinski definition) is 3. The number of rotatable bonds is 4. The lowest BCUT2D eigenvalue weighted by atomic mass is 9.81. The molecule has 4 saturated heterocycles. The fraction of sp³-hybridized carbons (Fsp3) is 0.952. The van der Waals surface area contributed by atoms with Crippen LogP contribution in [0.4, 0.5) is 0 Å². The van der Waals surface area contributed by atoms with E-state index < -0.39 is 0 Å². The number of hydrogen-bond acceptors (Lipinski definition) is 6. The van der Waals surface area contributed by atoms with E-state index in [9.17, 15) is 4.79 Å². The summed E-state index contributed by atoms with van der Waals surface area (Å²) in [6.45, 7) is 4.74. The summed E-state index contributed by atoms with van der Waals surface area (Å²) in [5.74, 6) is 2.73. The van der Waals surface area contributed by atoms with Crippen molar-refractivity contribution in [2.75, 3.05) is 32.8 Å². The third-order valence-electron chi connectivity index (χ3n) is 7.92. The van der Waals surface area contributed by atoms with Crippen molar-refractivity contribution in [2.45, 2.75) is 69.8 Å². The Labute approximate surface area is 168 Å². The van der Waals surface area contributed by atoms with Gasteiger partial charge in [0.25, 0.3) is 0 Å². The van der Waals surface area contributed by atoms with Crippen molar-refractivity contribution in [3.63, 3.8) is 0 Å². The molecule has 1 aliphatic carbocycles. The topological polar surface area (TPSA) is 74.9 Å². The minimum atomic E-state index is 0.0322. The van der Waals surface area contributed by atoms with Crippen LogP contribution in [0.5, 0.6) is 0 Å². The summed E-state index contributed by atoms with van der Waals surface area (Å²) in [7, 11) is 0. The minimum absolute atomic E-state index is 0.0322. The van der Waals surface area contributed by atoms with Gasteiger partial charge >= 0.3 is 0 Å². The fourth-order valence-electron chi connectivity index (χ4n) is 5.75. The molecule has 4 aliphatic heterocycles. The van der Waals surface area contributed by atoms with E-state index in [1.165, 1.54) is 19.3 Å². The molecule has 5 atom stereocenters. The van der Waals surface area contributed by atoms with Gasteiger partial charge in [0.05, 0.1) is 6.17 Å². The first-order valence-corrected chi connectivity index (χ1v) is 11.5. The molecule has 0 aromatic carbocycles. The lowest BCUT2D eigenvalue weighted by molar-refractivity contribution is -0.139. The maximum Gasteiger partial charge on any atom is 0.225 e. The highest BCUT2D eigenvalue weighted by Crippen LogP contribution is 2.33. The van der Waals surface area contributed by atoms with Crippen LogP contribution in [0.2, 0.25) is 0 Å². The smallest absolute Gasteiger partial charge is 0.225 e. The Morgan fingerprint density at radius 1 is 0.964 bits per heavy atom. The van der Waals surface area contributed by atoms with Crippen LogP contribution in [0, 0.1) is 23.7 Å². The summed E-state index contributed by atoms with van der Waals surface area (Å²) < 4.78 is 5.61. The quantitative estimate of drug-likeness (QED) is 0.668. The normalized spacial score (nSPS) is 40.6. The molecule has 7 heteroatoms. The summed E-state index contributed by atoms with van der Waals surface area (Å²) in [5, 5.41) is 7.36. The molecule has 0 radical (unpaired) electrons. The largest absolute Gasteiger partial charge is 0.381 e. The Hall–Kier alpha value is -0.730. The number of carbonyl (C=O) groups excluding carboxylic acids is 1. The number of hydroxylamine groups is 1. The van der Waals surface area contributed by atoms with Gasteiger partial charge in [-0.2, -0.15) is 5.48 Å². The zero-order valence-corrected chi connectivity index (χ0v) is 16.9. The predicted molar refractivity (Wildman–Crippen MR) is 105 cm³/mol. The molecule has 3 N–H and O–H groups in total. The van der Waals surface area contributed by atoms with E-state index in [2.05, 4.69) is 21.0 Å². The summed E-state index contributed by atoms with van der Waals surface area (Å²) in [6, 6.07) is 0.358. The molecule has 5 unspecified atom stereocenters. The van der Waals surface area contributed by atoms with E-state index in [0.717, 1.165) is 76.8 Å². The molecule has 0 aromatic rings. The van der Waals surface area contributed by atoms with Crippen LogP contribution in [0.1, 0.15) is 51.4 Å². The highest BCUT2D eigenvalue weighted by molar-refractivity contribution is 5.79. The minimum Gasteiger partial charge on any atom is -0.381 e. The van der Waals surface area contributed by atoms with Gasteiger partial charge in [0.2, 0.25) is 5.91 Å². The Morgan fingerprint density at radius 2 is 1.82 bits per heavy atom. The molecule has 5 fully saturated rings. The lowest BCUT2D eigenvalue weighted by Gasteiger charge is -2.38. The van der Waals surface area contributed by atoms with Gasteiger partial charge < -0.3 is 15.0 Å². The summed E-state index contributed by atoms with van der Waals surface area (Å²) in [5.41, 5.74) is 3.27. The highest BCUT2D eigenvalue weighted by atomic mass is 16.7. The second-order valence-electron chi connectivity index (χ2n) is 9.56. The van der Waals surface area contributed by atoms with Gasteiger partial charge in [-0.1, -0.05) is 6.42 Å². The maximum atomic E-state index is 12.5.